The van der Waals surface area contributed by atoms with E-state index in [1.807, 2.05) is 12.1 Å². The summed E-state index contributed by atoms with van der Waals surface area (Å²) in [5, 5.41) is 0. The van der Waals surface area contributed by atoms with Crippen molar-refractivity contribution >= 4 is 21.4 Å². The molecule has 0 atom stereocenters. The zero-order valence-electron chi connectivity index (χ0n) is 8.62. The normalized spacial score (nSPS) is 10.8. The summed E-state index contributed by atoms with van der Waals surface area (Å²) in [7, 11) is -2.32. The van der Waals surface area contributed by atoms with Crippen molar-refractivity contribution in [3.63, 3.8) is 0 Å². The largest absolute Gasteiger partial charge is 0.453 e. The fraction of sp³-hybridized carbons (Fsp3) is 0. The third kappa shape index (κ3) is 1.60. The number of hydrogen-bond acceptors (Lipinski definition) is 4. The molecule has 3 rings (SSSR count). The highest BCUT2D eigenvalue weighted by atomic mass is 32.2. The van der Waals surface area contributed by atoms with Gasteiger partial charge < -0.3 is 4.42 Å². The van der Waals surface area contributed by atoms with Gasteiger partial charge in [-0.1, -0.05) is 18.2 Å². The molecule has 0 amide bonds. The smallest absolute Gasteiger partial charge is 0.223 e. The molecule has 0 aromatic heterocycles. The molecule has 0 unspecified atom stereocenters. The van der Waals surface area contributed by atoms with Gasteiger partial charge in [-0.25, -0.2) is 4.98 Å². The minimum atomic E-state index is -2.32. The average Bonchev–Trinajstić information content (AvgIpc) is 2.35. The summed E-state index contributed by atoms with van der Waals surface area (Å²) in [6.45, 7) is 0. The molecule has 2 aliphatic rings. The zero-order chi connectivity index (χ0) is 11.8. The van der Waals surface area contributed by atoms with Gasteiger partial charge in [0, 0.05) is 0 Å². The number of hydrogen-bond donors (Lipinski definition) is 0. The predicted octanol–water partition coefficient (Wildman–Crippen LogP) is 2.34. The lowest BCUT2D eigenvalue weighted by Crippen LogP contribution is -1.90. The number of aromatic nitrogens is 1. The first-order chi connectivity index (χ1) is 8.25. The molecule has 0 saturated heterocycles. The van der Waals surface area contributed by atoms with Crippen LogP contribution in [0.15, 0.2) is 46.9 Å². The van der Waals surface area contributed by atoms with Crippen LogP contribution in [0.4, 0.5) is 0 Å². The van der Waals surface area contributed by atoms with Gasteiger partial charge in [-0.2, -0.15) is 8.42 Å². The van der Waals surface area contributed by atoms with E-state index < -0.39 is 10.3 Å². The Hall–Kier alpha value is -2.14. The van der Waals surface area contributed by atoms with E-state index in [9.17, 15) is 8.42 Å². The molecule has 0 bridgehead atoms. The van der Waals surface area contributed by atoms with E-state index in [-0.39, 0.29) is 4.51 Å². The molecule has 0 spiro atoms. The Labute approximate surface area is 98.0 Å². The molecular formula is C12H7NO3S. The molecular weight excluding hydrogens is 238 g/mol. The molecule has 84 valence electrons. The summed E-state index contributed by atoms with van der Waals surface area (Å²) in [6, 6.07) is 12.1. The standard InChI is InChI=1S/C12H7NO3S/c14-17(15)11-7-3-6-10-12(11)13-8-4-1-2-5-9(8)16-10/h1-7H. The van der Waals surface area contributed by atoms with E-state index in [1.165, 1.54) is 6.07 Å². The van der Waals surface area contributed by atoms with E-state index in [4.69, 9.17) is 4.42 Å². The molecule has 1 aromatic rings. The van der Waals surface area contributed by atoms with Gasteiger partial charge in [0.1, 0.15) is 15.7 Å². The van der Waals surface area contributed by atoms with Crippen LogP contribution in [-0.2, 0) is 10.3 Å². The van der Waals surface area contributed by atoms with Crippen molar-refractivity contribution in [3.8, 4) is 11.5 Å². The molecule has 17 heavy (non-hydrogen) atoms. The van der Waals surface area contributed by atoms with Crippen molar-refractivity contribution in [1.82, 2.24) is 4.98 Å². The van der Waals surface area contributed by atoms with Crippen LogP contribution in [0.25, 0.3) is 22.6 Å². The van der Waals surface area contributed by atoms with Gasteiger partial charge in [-0.15, -0.1) is 0 Å². The summed E-state index contributed by atoms with van der Waals surface area (Å²) in [6.07, 6.45) is 0. The van der Waals surface area contributed by atoms with E-state index in [2.05, 4.69) is 4.98 Å². The van der Waals surface area contributed by atoms with Gasteiger partial charge in [0.05, 0.1) is 0 Å². The van der Waals surface area contributed by atoms with Gasteiger partial charge in [0.15, 0.2) is 11.3 Å². The van der Waals surface area contributed by atoms with Crippen LogP contribution in [-0.4, -0.2) is 13.4 Å². The first kappa shape index (κ1) is 10.0. The second-order valence-electron chi connectivity index (χ2n) is 3.52. The van der Waals surface area contributed by atoms with Crippen LogP contribution in [0.3, 0.4) is 0 Å². The van der Waals surface area contributed by atoms with Crippen molar-refractivity contribution < 1.29 is 12.8 Å². The predicted molar refractivity (Wildman–Crippen MR) is 62.8 cm³/mol. The minimum Gasteiger partial charge on any atom is -0.453 e. The maximum Gasteiger partial charge on any atom is 0.223 e. The molecule has 1 aliphatic carbocycles. The number of rotatable bonds is 0. The number of nitrogens with zero attached hydrogens (tertiary/aromatic N) is 1. The van der Waals surface area contributed by atoms with Crippen LogP contribution in [0.1, 0.15) is 0 Å². The maximum absolute atomic E-state index is 11.1. The monoisotopic (exact) mass is 245 g/mol. The number of benzene rings is 2. The van der Waals surface area contributed by atoms with Crippen LogP contribution in [0.2, 0.25) is 0 Å². The van der Waals surface area contributed by atoms with Crippen LogP contribution in [0, 0.1) is 4.51 Å². The Morgan fingerprint density at radius 1 is 1.00 bits per heavy atom. The summed E-state index contributed by atoms with van der Waals surface area (Å²) in [5.41, 5.74) is 1.63. The van der Waals surface area contributed by atoms with Crippen molar-refractivity contribution in [3.05, 3.63) is 47.0 Å². The third-order valence-corrected chi connectivity index (χ3v) is 3.15. The van der Waals surface area contributed by atoms with Gasteiger partial charge >= 0.3 is 0 Å². The topological polar surface area (TPSA) is 60.2 Å². The zero-order valence-corrected chi connectivity index (χ0v) is 9.44. The van der Waals surface area contributed by atoms with Crippen LogP contribution >= 0.6 is 0 Å². The first-order valence-electron chi connectivity index (χ1n) is 4.96. The minimum absolute atomic E-state index is 0.150. The number of para-hydroxylation sites is 3. The highest BCUT2D eigenvalue weighted by Crippen LogP contribution is 2.24. The molecule has 4 nitrogen and oxygen atoms in total. The van der Waals surface area contributed by atoms with Gasteiger partial charge in [0.25, 0.3) is 0 Å². The quantitative estimate of drug-likeness (QED) is 0.450. The van der Waals surface area contributed by atoms with Crippen molar-refractivity contribution in [2.75, 3.05) is 0 Å². The Kier molecular flexibility index (Phi) is 2.19. The molecule has 1 heterocycles. The lowest BCUT2D eigenvalue weighted by atomic mass is 10.2. The molecule has 0 fully saturated rings. The SMILES string of the molecule is O=S(=O)=c1cccc2oc3ccccc3nc1-2. The van der Waals surface area contributed by atoms with Crippen molar-refractivity contribution in [1.29, 1.82) is 0 Å². The second kappa shape index (κ2) is 3.71. The van der Waals surface area contributed by atoms with Gasteiger partial charge in [-0.3, -0.25) is 0 Å². The molecule has 0 saturated carbocycles. The Bertz CT molecular complexity index is 841. The average molecular weight is 245 g/mol. The molecule has 1 aromatic carbocycles. The Morgan fingerprint density at radius 2 is 1.82 bits per heavy atom. The van der Waals surface area contributed by atoms with Crippen molar-refractivity contribution in [2.24, 2.45) is 0 Å². The maximum atomic E-state index is 11.1. The Morgan fingerprint density at radius 3 is 2.65 bits per heavy atom. The van der Waals surface area contributed by atoms with Crippen molar-refractivity contribution in [2.45, 2.75) is 0 Å². The van der Waals surface area contributed by atoms with E-state index in [1.54, 1.807) is 24.3 Å². The fourth-order valence-corrected chi connectivity index (χ4v) is 2.20. The highest BCUT2D eigenvalue weighted by Gasteiger charge is 2.10. The van der Waals surface area contributed by atoms with E-state index >= 15 is 0 Å². The van der Waals surface area contributed by atoms with E-state index in [0.717, 1.165) is 0 Å². The summed E-state index contributed by atoms with van der Waals surface area (Å²) >= 11 is 0. The lowest BCUT2D eigenvalue weighted by molar-refractivity contribution is 0.610. The number of fused-ring (bicyclic) bond motifs is 2. The summed E-state index contributed by atoms with van der Waals surface area (Å²) < 4.78 is 27.9. The first-order valence-corrected chi connectivity index (χ1v) is 6.04. The molecule has 0 N–H and O–H groups in total. The van der Waals surface area contributed by atoms with Crippen LogP contribution < -0.4 is 0 Å². The highest BCUT2D eigenvalue weighted by molar-refractivity contribution is 7.64. The molecule has 0 radical (unpaired) electrons. The molecule has 1 aliphatic heterocycles. The van der Waals surface area contributed by atoms with Gasteiger partial charge in [0.2, 0.25) is 10.3 Å². The fourth-order valence-electron chi connectivity index (χ4n) is 1.70. The summed E-state index contributed by atoms with van der Waals surface area (Å²) in [4.78, 5) is 4.31. The summed E-state index contributed by atoms with van der Waals surface area (Å²) in [5.74, 6) is 0.463. The second-order valence-corrected chi connectivity index (χ2v) is 4.43. The molecule has 5 heteroatoms. The van der Waals surface area contributed by atoms with Gasteiger partial charge in [-0.05, 0) is 24.3 Å². The lowest BCUT2D eigenvalue weighted by Gasteiger charge is -2.04. The third-order valence-electron chi connectivity index (χ3n) is 2.46. The van der Waals surface area contributed by atoms with E-state index in [0.29, 0.717) is 22.6 Å². The Balaban J connectivity index is 2.62. The van der Waals surface area contributed by atoms with Crippen LogP contribution in [0.5, 0.6) is 0 Å².